The van der Waals surface area contributed by atoms with E-state index in [9.17, 15) is 13.2 Å². The molecule has 28 heavy (non-hydrogen) atoms. The molecule has 1 fully saturated rings. The van der Waals surface area contributed by atoms with Crippen LogP contribution in [0.1, 0.15) is 33.1 Å². The van der Waals surface area contributed by atoms with Gasteiger partial charge in [0, 0.05) is 20.1 Å². The van der Waals surface area contributed by atoms with Gasteiger partial charge < -0.3 is 15.0 Å². The summed E-state index contributed by atoms with van der Waals surface area (Å²) in [6.45, 7) is 7.95. The van der Waals surface area contributed by atoms with Crippen LogP contribution in [-0.4, -0.2) is 64.8 Å². The molecule has 158 valence electrons. The fraction of sp³-hybridized carbons (Fsp3) is 0.650. The minimum atomic E-state index is -3.30. The predicted molar refractivity (Wildman–Crippen MR) is 112 cm³/mol. The van der Waals surface area contributed by atoms with E-state index in [4.69, 9.17) is 4.74 Å². The normalized spacial score (nSPS) is 19.1. The Hall–Kier alpha value is -1.80. The van der Waals surface area contributed by atoms with Gasteiger partial charge in [-0.3, -0.25) is 9.10 Å². The van der Waals surface area contributed by atoms with Crippen molar-refractivity contribution < 1.29 is 17.9 Å². The number of hydrogen-bond acceptors (Lipinski definition) is 5. The number of amides is 1. The third-order valence-electron chi connectivity index (χ3n) is 5.07. The van der Waals surface area contributed by atoms with Crippen LogP contribution in [0.2, 0.25) is 0 Å². The van der Waals surface area contributed by atoms with E-state index in [1.807, 2.05) is 0 Å². The number of anilines is 1. The van der Waals surface area contributed by atoms with Gasteiger partial charge >= 0.3 is 0 Å². The van der Waals surface area contributed by atoms with Gasteiger partial charge in [0.25, 0.3) is 5.91 Å². The molecule has 1 aliphatic heterocycles. The van der Waals surface area contributed by atoms with Crippen LogP contribution in [0.3, 0.4) is 0 Å². The average molecular weight is 412 g/mol. The van der Waals surface area contributed by atoms with Crippen molar-refractivity contribution in [3.8, 4) is 5.75 Å². The standard InChI is InChI=1S/C20H33N3O4S/c1-16-7-5-13-23(15-16)14-6-12-21-20(24)17(2)27-19-10-8-18(9-11-19)22(3)28(4,25)26/h8-11,16-17H,5-7,12-15H2,1-4H3,(H,21,24)/t16-,17-/m1/s1. The van der Waals surface area contributed by atoms with E-state index in [0.717, 1.165) is 38.2 Å². The Bertz CT molecular complexity index is 736. The third-order valence-corrected chi connectivity index (χ3v) is 6.28. The van der Waals surface area contributed by atoms with Gasteiger partial charge in [-0.15, -0.1) is 0 Å². The van der Waals surface area contributed by atoms with Gasteiger partial charge in [0.2, 0.25) is 10.0 Å². The van der Waals surface area contributed by atoms with Crippen molar-refractivity contribution >= 4 is 21.6 Å². The molecule has 2 rings (SSSR count). The first kappa shape index (κ1) is 22.5. The zero-order chi connectivity index (χ0) is 20.7. The van der Waals surface area contributed by atoms with Gasteiger partial charge in [-0.25, -0.2) is 8.42 Å². The quantitative estimate of drug-likeness (QED) is 0.630. The Morgan fingerprint density at radius 1 is 1.36 bits per heavy atom. The Kier molecular flexibility index (Phi) is 8.12. The first-order valence-corrected chi connectivity index (χ1v) is 11.7. The number of nitrogens with zero attached hydrogens (tertiary/aromatic N) is 2. The maximum absolute atomic E-state index is 12.2. The summed E-state index contributed by atoms with van der Waals surface area (Å²) in [5.41, 5.74) is 0.541. The van der Waals surface area contributed by atoms with E-state index in [-0.39, 0.29) is 5.91 Å². The van der Waals surface area contributed by atoms with Crippen molar-refractivity contribution in [2.24, 2.45) is 5.92 Å². The second-order valence-corrected chi connectivity index (χ2v) is 9.69. The second kappa shape index (κ2) is 10.1. The molecule has 0 bridgehead atoms. The second-order valence-electron chi connectivity index (χ2n) is 7.68. The van der Waals surface area contributed by atoms with Gasteiger partial charge in [-0.2, -0.15) is 0 Å². The lowest BCUT2D eigenvalue weighted by Crippen LogP contribution is -2.39. The summed E-state index contributed by atoms with van der Waals surface area (Å²) < 4.78 is 30.0. The lowest BCUT2D eigenvalue weighted by atomic mass is 10.0. The van der Waals surface area contributed by atoms with Crippen molar-refractivity contribution in [1.29, 1.82) is 0 Å². The number of carbonyl (C=O) groups is 1. The van der Waals surface area contributed by atoms with E-state index in [1.165, 1.54) is 24.2 Å². The van der Waals surface area contributed by atoms with Crippen LogP contribution in [0.4, 0.5) is 5.69 Å². The average Bonchev–Trinajstić information content (AvgIpc) is 2.64. The van der Waals surface area contributed by atoms with Gasteiger partial charge in [0.05, 0.1) is 11.9 Å². The number of piperidine rings is 1. The molecule has 0 aromatic heterocycles. The smallest absolute Gasteiger partial charge is 0.260 e. The number of likely N-dealkylation sites (tertiary alicyclic amines) is 1. The van der Waals surface area contributed by atoms with Gasteiger partial charge in [-0.05, 0) is 69.5 Å². The Morgan fingerprint density at radius 3 is 2.64 bits per heavy atom. The molecule has 8 heteroatoms. The van der Waals surface area contributed by atoms with Crippen LogP contribution in [0.25, 0.3) is 0 Å². The molecule has 7 nitrogen and oxygen atoms in total. The molecule has 0 unspecified atom stereocenters. The number of nitrogens with one attached hydrogen (secondary N) is 1. The molecule has 2 atom stereocenters. The molecule has 1 aromatic carbocycles. The summed E-state index contributed by atoms with van der Waals surface area (Å²) in [6.07, 6.45) is 4.03. The van der Waals surface area contributed by atoms with Crippen molar-refractivity contribution in [3.63, 3.8) is 0 Å². The van der Waals surface area contributed by atoms with Crippen molar-refractivity contribution in [2.45, 2.75) is 39.2 Å². The first-order chi connectivity index (χ1) is 13.2. The van der Waals surface area contributed by atoms with Crippen molar-refractivity contribution in [1.82, 2.24) is 10.2 Å². The fourth-order valence-electron chi connectivity index (χ4n) is 3.33. The number of rotatable bonds is 9. The van der Waals surface area contributed by atoms with Crippen LogP contribution in [0, 0.1) is 5.92 Å². The van der Waals surface area contributed by atoms with Crippen LogP contribution in [0.15, 0.2) is 24.3 Å². The molecule has 0 saturated carbocycles. The summed E-state index contributed by atoms with van der Waals surface area (Å²) in [5.74, 6) is 1.14. The predicted octanol–water partition coefficient (Wildman–Crippen LogP) is 2.09. The number of benzene rings is 1. The number of sulfonamides is 1. The van der Waals surface area contributed by atoms with E-state index < -0.39 is 16.1 Å². The van der Waals surface area contributed by atoms with Gasteiger partial charge in [-0.1, -0.05) is 6.92 Å². The highest BCUT2D eigenvalue weighted by atomic mass is 32.2. The van der Waals surface area contributed by atoms with E-state index in [0.29, 0.717) is 18.0 Å². The summed E-state index contributed by atoms with van der Waals surface area (Å²) in [7, 11) is -1.81. The van der Waals surface area contributed by atoms with E-state index in [2.05, 4.69) is 17.1 Å². The molecule has 0 aliphatic carbocycles. The van der Waals surface area contributed by atoms with Crippen LogP contribution < -0.4 is 14.4 Å². The molecule has 1 heterocycles. The fourth-order valence-corrected chi connectivity index (χ4v) is 3.84. The maximum atomic E-state index is 12.2. The van der Waals surface area contributed by atoms with Crippen molar-refractivity contribution in [3.05, 3.63) is 24.3 Å². The molecule has 1 saturated heterocycles. The lowest BCUT2D eigenvalue weighted by molar-refractivity contribution is -0.127. The summed E-state index contributed by atoms with van der Waals surface area (Å²) in [6, 6.07) is 6.64. The Labute approximate surface area is 169 Å². The van der Waals surface area contributed by atoms with Gasteiger partial charge in [0.15, 0.2) is 6.10 Å². The number of ether oxygens (including phenoxy) is 1. The largest absolute Gasteiger partial charge is 0.481 e. The highest BCUT2D eigenvalue weighted by molar-refractivity contribution is 7.92. The minimum absolute atomic E-state index is 0.149. The molecule has 1 amide bonds. The number of hydrogen-bond donors (Lipinski definition) is 1. The molecule has 1 N–H and O–H groups in total. The van der Waals surface area contributed by atoms with Crippen molar-refractivity contribution in [2.75, 3.05) is 43.8 Å². The zero-order valence-corrected chi connectivity index (χ0v) is 18.2. The SMILES string of the molecule is C[C@@H]1CCCN(CCCNC(=O)[C@@H](C)Oc2ccc(N(C)S(C)(=O)=O)cc2)C1. The molecule has 1 aromatic rings. The van der Waals surface area contributed by atoms with Crippen LogP contribution >= 0.6 is 0 Å². The first-order valence-electron chi connectivity index (χ1n) is 9.87. The molecule has 1 aliphatic rings. The minimum Gasteiger partial charge on any atom is -0.481 e. The summed E-state index contributed by atoms with van der Waals surface area (Å²) in [4.78, 5) is 14.7. The van der Waals surface area contributed by atoms with E-state index in [1.54, 1.807) is 31.2 Å². The van der Waals surface area contributed by atoms with E-state index >= 15 is 0 Å². The molecule has 0 spiro atoms. The third kappa shape index (κ3) is 6.98. The topological polar surface area (TPSA) is 79.0 Å². The highest BCUT2D eigenvalue weighted by Crippen LogP contribution is 2.21. The molecule has 0 radical (unpaired) electrons. The van der Waals surface area contributed by atoms with Crippen LogP contribution in [-0.2, 0) is 14.8 Å². The number of carbonyl (C=O) groups excluding carboxylic acids is 1. The summed E-state index contributed by atoms with van der Waals surface area (Å²) >= 11 is 0. The zero-order valence-electron chi connectivity index (χ0n) is 17.3. The summed E-state index contributed by atoms with van der Waals surface area (Å²) in [5, 5.41) is 2.92. The molecular formula is C20H33N3O4S. The van der Waals surface area contributed by atoms with Crippen LogP contribution in [0.5, 0.6) is 5.75 Å². The lowest BCUT2D eigenvalue weighted by Gasteiger charge is -2.30. The Morgan fingerprint density at radius 2 is 2.04 bits per heavy atom. The Balaban J connectivity index is 1.73. The highest BCUT2D eigenvalue weighted by Gasteiger charge is 2.17. The molecular weight excluding hydrogens is 378 g/mol. The van der Waals surface area contributed by atoms with Gasteiger partial charge in [0.1, 0.15) is 5.75 Å². The monoisotopic (exact) mass is 411 g/mol. The maximum Gasteiger partial charge on any atom is 0.260 e.